The number of hydrogen-bond donors (Lipinski definition) is 0. The van der Waals surface area contributed by atoms with E-state index in [1.54, 1.807) is 12.1 Å². The van der Waals surface area contributed by atoms with E-state index in [0.29, 0.717) is 10.6 Å². The molecule has 2 rings (SSSR count). The summed E-state index contributed by atoms with van der Waals surface area (Å²) in [6, 6.07) is 13.2. The molecule has 0 heterocycles. The molecule has 80 valence electrons. The lowest BCUT2D eigenvalue weighted by atomic mass is 10.0. The number of benzene rings is 2. The third-order valence-electron chi connectivity index (χ3n) is 2.30. The van der Waals surface area contributed by atoms with Crippen molar-refractivity contribution in [2.45, 2.75) is 0 Å². The van der Waals surface area contributed by atoms with Gasteiger partial charge in [0.2, 0.25) is 0 Å². The summed E-state index contributed by atoms with van der Waals surface area (Å²) in [5.74, 6) is 0. The lowest BCUT2D eigenvalue weighted by Crippen LogP contribution is -1.88. The van der Waals surface area contributed by atoms with Gasteiger partial charge in [-0.3, -0.25) is 4.79 Å². The molecule has 2 aromatic carbocycles. The predicted octanol–water partition coefficient (Wildman–Crippen LogP) is 4.58. The topological polar surface area (TPSA) is 17.1 Å². The van der Waals surface area contributed by atoms with Crippen LogP contribution in [-0.4, -0.2) is 6.29 Å². The zero-order valence-electron chi connectivity index (χ0n) is 8.28. The maximum Gasteiger partial charge on any atom is 0.150 e. The molecule has 0 amide bonds. The van der Waals surface area contributed by atoms with Crippen LogP contribution < -0.4 is 0 Å². The quantitative estimate of drug-likeness (QED) is 0.741. The Morgan fingerprint density at radius 1 is 1.12 bits per heavy atom. The first kappa shape index (κ1) is 11.4. The summed E-state index contributed by atoms with van der Waals surface area (Å²) in [6.07, 6.45) is 0.837. The fraction of sp³-hybridized carbons (Fsp3) is 0. The van der Waals surface area contributed by atoms with Crippen molar-refractivity contribution < 1.29 is 4.79 Å². The van der Waals surface area contributed by atoms with Crippen molar-refractivity contribution in [2.24, 2.45) is 0 Å². The minimum Gasteiger partial charge on any atom is -0.298 e. The van der Waals surface area contributed by atoms with Gasteiger partial charge >= 0.3 is 0 Å². The first-order valence-corrected chi connectivity index (χ1v) is 5.89. The van der Waals surface area contributed by atoms with Crippen molar-refractivity contribution in [1.29, 1.82) is 0 Å². The largest absolute Gasteiger partial charge is 0.298 e. The van der Waals surface area contributed by atoms with Crippen LogP contribution in [0.2, 0.25) is 5.02 Å². The van der Waals surface area contributed by atoms with E-state index in [0.717, 1.165) is 21.9 Å². The lowest BCUT2D eigenvalue weighted by Gasteiger charge is -2.07. The van der Waals surface area contributed by atoms with E-state index in [-0.39, 0.29) is 0 Å². The highest BCUT2D eigenvalue weighted by Gasteiger charge is 2.08. The Balaban J connectivity index is 2.65. The minimum absolute atomic E-state index is 0.601. The molecule has 1 nitrogen and oxygen atoms in total. The molecule has 0 N–H and O–H groups in total. The van der Waals surface area contributed by atoms with Crippen LogP contribution in [0.25, 0.3) is 11.1 Å². The van der Waals surface area contributed by atoms with Crippen LogP contribution in [-0.2, 0) is 0 Å². The average Bonchev–Trinajstić information content (AvgIpc) is 2.33. The van der Waals surface area contributed by atoms with Crippen molar-refractivity contribution in [1.82, 2.24) is 0 Å². The van der Waals surface area contributed by atoms with E-state index in [2.05, 4.69) is 15.9 Å². The monoisotopic (exact) mass is 294 g/mol. The summed E-state index contributed by atoms with van der Waals surface area (Å²) in [4.78, 5) is 11.0. The zero-order valence-corrected chi connectivity index (χ0v) is 10.6. The SMILES string of the molecule is O=Cc1cc(Br)c(Cl)cc1-c1ccccc1. The Morgan fingerprint density at radius 3 is 2.44 bits per heavy atom. The van der Waals surface area contributed by atoms with Crippen LogP contribution in [0.4, 0.5) is 0 Å². The van der Waals surface area contributed by atoms with Gasteiger partial charge in [0.05, 0.1) is 5.02 Å². The van der Waals surface area contributed by atoms with Crippen LogP contribution in [0, 0.1) is 0 Å². The van der Waals surface area contributed by atoms with Crippen LogP contribution in [0.3, 0.4) is 0 Å². The highest BCUT2D eigenvalue weighted by molar-refractivity contribution is 9.10. The summed E-state index contributed by atoms with van der Waals surface area (Å²) < 4.78 is 0.732. The summed E-state index contributed by atoms with van der Waals surface area (Å²) in [5, 5.41) is 0.601. The number of carbonyl (C=O) groups excluding carboxylic acids is 1. The molecule has 0 unspecified atom stereocenters. The van der Waals surface area contributed by atoms with Gasteiger partial charge in [0.25, 0.3) is 0 Å². The number of carbonyl (C=O) groups is 1. The summed E-state index contributed by atoms with van der Waals surface area (Å²) in [5.41, 5.74) is 2.46. The Kier molecular flexibility index (Phi) is 3.42. The average molecular weight is 296 g/mol. The minimum atomic E-state index is 0.601. The van der Waals surface area contributed by atoms with E-state index in [1.807, 2.05) is 30.3 Å². The Morgan fingerprint density at radius 2 is 1.81 bits per heavy atom. The van der Waals surface area contributed by atoms with Gasteiger partial charge in [-0.15, -0.1) is 0 Å². The first-order valence-electron chi connectivity index (χ1n) is 4.72. The number of hydrogen-bond acceptors (Lipinski definition) is 1. The van der Waals surface area contributed by atoms with Crippen LogP contribution in [0.1, 0.15) is 10.4 Å². The second-order valence-corrected chi connectivity index (χ2v) is 4.60. The van der Waals surface area contributed by atoms with Crippen molar-refractivity contribution in [3.63, 3.8) is 0 Å². The van der Waals surface area contributed by atoms with Crippen molar-refractivity contribution in [3.05, 3.63) is 57.5 Å². The van der Waals surface area contributed by atoms with Crippen molar-refractivity contribution >= 4 is 33.8 Å². The van der Waals surface area contributed by atoms with Crippen LogP contribution in [0.5, 0.6) is 0 Å². The molecule has 2 aromatic rings. The second-order valence-electron chi connectivity index (χ2n) is 3.34. The molecule has 0 aromatic heterocycles. The molecule has 3 heteroatoms. The summed E-state index contributed by atoms with van der Waals surface area (Å²) in [7, 11) is 0. The first-order chi connectivity index (χ1) is 7.72. The van der Waals surface area contributed by atoms with Gasteiger partial charge < -0.3 is 0 Å². The highest BCUT2D eigenvalue weighted by atomic mass is 79.9. The predicted molar refractivity (Wildman–Crippen MR) is 70.0 cm³/mol. The van der Waals surface area contributed by atoms with Gasteiger partial charge in [0, 0.05) is 10.0 Å². The fourth-order valence-corrected chi connectivity index (χ4v) is 2.05. The lowest BCUT2D eigenvalue weighted by molar-refractivity contribution is 0.112. The molecular weight excluding hydrogens is 287 g/mol. The molecular formula is C13H8BrClO. The molecule has 0 aliphatic carbocycles. The normalized spacial score (nSPS) is 10.1. The molecule has 0 saturated carbocycles. The Hall–Kier alpha value is -1.12. The molecule has 0 radical (unpaired) electrons. The third kappa shape index (κ3) is 2.18. The van der Waals surface area contributed by atoms with E-state index < -0.39 is 0 Å². The fourth-order valence-electron chi connectivity index (χ4n) is 1.53. The zero-order chi connectivity index (χ0) is 11.5. The number of aldehydes is 1. The van der Waals surface area contributed by atoms with Gasteiger partial charge in [-0.05, 0) is 39.2 Å². The van der Waals surface area contributed by atoms with Crippen LogP contribution in [0.15, 0.2) is 46.9 Å². The van der Waals surface area contributed by atoms with Gasteiger partial charge in [-0.25, -0.2) is 0 Å². The Bertz CT molecular complexity index is 523. The number of halogens is 2. The Labute approximate surface area is 107 Å². The molecule has 0 saturated heterocycles. The summed E-state index contributed by atoms with van der Waals surface area (Å²) >= 11 is 9.33. The van der Waals surface area contributed by atoms with Gasteiger partial charge in [-0.2, -0.15) is 0 Å². The standard InChI is InChI=1S/C13H8BrClO/c14-12-6-10(8-16)11(7-13(12)15)9-4-2-1-3-5-9/h1-8H. The molecule has 0 aliphatic heterocycles. The highest BCUT2D eigenvalue weighted by Crippen LogP contribution is 2.31. The maximum absolute atomic E-state index is 11.0. The second kappa shape index (κ2) is 4.81. The molecule has 16 heavy (non-hydrogen) atoms. The van der Waals surface area contributed by atoms with E-state index >= 15 is 0 Å². The van der Waals surface area contributed by atoms with Gasteiger partial charge in [0.15, 0.2) is 6.29 Å². The molecule has 0 fully saturated rings. The molecule has 0 bridgehead atoms. The summed E-state index contributed by atoms with van der Waals surface area (Å²) in [6.45, 7) is 0. The number of rotatable bonds is 2. The van der Waals surface area contributed by atoms with Crippen molar-refractivity contribution in [3.8, 4) is 11.1 Å². The van der Waals surface area contributed by atoms with Crippen LogP contribution >= 0.6 is 27.5 Å². The van der Waals surface area contributed by atoms with Crippen molar-refractivity contribution in [2.75, 3.05) is 0 Å². The molecule has 0 aliphatic rings. The molecule has 0 atom stereocenters. The van der Waals surface area contributed by atoms with E-state index in [1.165, 1.54) is 0 Å². The van der Waals surface area contributed by atoms with Gasteiger partial charge in [0.1, 0.15) is 0 Å². The van der Waals surface area contributed by atoms with Gasteiger partial charge in [-0.1, -0.05) is 41.9 Å². The molecule has 0 spiro atoms. The smallest absolute Gasteiger partial charge is 0.150 e. The van der Waals surface area contributed by atoms with E-state index in [4.69, 9.17) is 11.6 Å². The van der Waals surface area contributed by atoms with E-state index in [9.17, 15) is 4.79 Å². The third-order valence-corrected chi connectivity index (χ3v) is 3.50. The maximum atomic E-state index is 11.0.